The fourth-order valence-corrected chi connectivity index (χ4v) is 5.35. The molecule has 1 aromatic carbocycles. The zero-order valence-corrected chi connectivity index (χ0v) is 18.4. The number of thioether (sulfide) groups is 1. The topological polar surface area (TPSA) is 79.8 Å². The minimum atomic E-state index is -3.75. The van der Waals surface area contributed by atoms with E-state index in [-0.39, 0.29) is 16.6 Å². The monoisotopic (exact) mass is 439 g/mol. The summed E-state index contributed by atoms with van der Waals surface area (Å²) in [6.45, 7) is 2.49. The Labute approximate surface area is 173 Å². The first-order valence-corrected chi connectivity index (χ1v) is 11.7. The van der Waals surface area contributed by atoms with E-state index in [9.17, 15) is 13.2 Å². The lowest BCUT2D eigenvalue weighted by Crippen LogP contribution is -2.27. The van der Waals surface area contributed by atoms with Crippen LogP contribution in [-0.2, 0) is 10.0 Å². The van der Waals surface area contributed by atoms with Gasteiger partial charge in [0.2, 0.25) is 10.0 Å². The van der Waals surface area contributed by atoms with Crippen molar-refractivity contribution in [1.82, 2.24) is 14.2 Å². The summed E-state index contributed by atoms with van der Waals surface area (Å²) in [5.41, 5.74) is 1.11. The molecule has 2 aromatic rings. The number of hydrogen-bond acceptors (Lipinski definition) is 7. The van der Waals surface area contributed by atoms with Gasteiger partial charge in [0.1, 0.15) is 10.6 Å². The van der Waals surface area contributed by atoms with Crippen molar-refractivity contribution in [2.24, 2.45) is 0 Å². The largest absolute Gasteiger partial charge is 0.495 e. The molecule has 0 aliphatic carbocycles. The molecule has 1 aromatic heterocycles. The van der Waals surface area contributed by atoms with E-state index in [0.717, 1.165) is 25.8 Å². The van der Waals surface area contributed by atoms with Crippen LogP contribution < -0.4 is 4.74 Å². The number of rotatable bonds is 5. The van der Waals surface area contributed by atoms with Gasteiger partial charge in [-0.1, -0.05) is 0 Å². The maximum Gasteiger partial charge on any atom is 0.258 e. The Morgan fingerprint density at radius 2 is 2.11 bits per heavy atom. The Morgan fingerprint density at radius 1 is 1.36 bits per heavy atom. The molecule has 0 N–H and O–H groups in total. The zero-order valence-electron chi connectivity index (χ0n) is 16.0. The van der Waals surface area contributed by atoms with Crippen LogP contribution in [0, 0.1) is 6.92 Å². The Kier molecular flexibility index (Phi) is 6.13. The average Bonchev–Trinajstić information content (AvgIpc) is 3.29. The molecule has 0 bridgehead atoms. The van der Waals surface area contributed by atoms with Gasteiger partial charge in [-0.25, -0.2) is 17.7 Å². The van der Waals surface area contributed by atoms with Gasteiger partial charge in [-0.05, 0) is 31.2 Å². The quantitative estimate of drug-likeness (QED) is 0.713. The van der Waals surface area contributed by atoms with Crippen molar-refractivity contribution in [3.63, 3.8) is 0 Å². The second-order valence-corrected chi connectivity index (χ2v) is 10.5. The molecule has 2 heterocycles. The molecule has 1 amide bonds. The summed E-state index contributed by atoms with van der Waals surface area (Å²) in [4.78, 5) is 19.2. The smallest absolute Gasteiger partial charge is 0.258 e. The molecule has 0 saturated carbocycles. The highest BCUT2D eigenvalue weighted by Gasteiger charge is 2.28. The lowest BCUT2D eigenvalue weighted by molar-refractivity contribution is 0.0830. The van der Waals surface area contributed by atoms with E-state index in [1.807, 2.05) is 18.4 Å². The molecule has 1 aliphatic rings. The van der Waals surface area contributed by atoms with Crippen LogP contribution in [0.4, 0.5) is 0 Å². The van der Waals surface area contributed by atoms with E-state index in [0.29, 0.717) is 12.1 Å². The highest BCUT2D eigenvalue weighted by Crippen LogP contribution is 2.33. The van der Waals surface area contributed by atoms with Crippen LogP contribution in [0.25, 0.3) is 6.08 Å². The van der Waals surface area contributed by atoms with Crippen molar-refractivity contribution in [1.29, 1.82) is 0 Å². The van der Waals surface area contributed by atoms with Crippen LogP contribution in [0.5, 0.6) is 5.75 Å². The highest BCUT2D eigenvalue weighted by molar-refractivity contribution is 8.03. The number of amides is 1. The molecule has 1 saturated heterocycles. The Morgan fingerprint density at radius 3 is 2.71 bits per heavy atom. The molecule has 1 aliphatic heterocycles. The van der Waals surface area contributed by atoms with Crippen LogP contribution in [0.1, 0.15) is 21.1 Å². The van der Waals surface area contributed by atoms with Crippen LogP contribution in [0.3, 0.4) is 0 Å². The fourth-order valence-electron chi connectivity index (χ4n) is 2.69. The van der Waals surface area contributed by atoms with E-state index >= 15 is 0 Å². The van der Waals surface area contributed by atoms with Gasteiger partial charge in [-0.15, -0.1) is 23.1 Å². The van der Waals surface area contributed by atoms with Crippen molar-refractivity contribution in [3.8, 4) is 5.75 Å². The van der Waals surface area contributed by atoms with Gasteiger partial charge in [-0.2, -0.15) is 0 Å². The molecule has 10 heteroatoms. The number of ether oxygens (including phenoxy) is 1. The second kappa shape index (κ2) is 8.24. The summed E-state index contributed by atoms with van der Waals surface area (Å²) < 4.78 is 31.5. The Bertz CT molecular complexity index is 1030. The average molecular weight is 440 g/mol. The van der Waals surface area contributed by atoms with Crippen molar-refractivity contribution in [2.45, 2.75) is 11.8 Å². The summed E-state index contributed by atoms with van der Waals surface area (Å²) in [5.74, 6) is 0.732. The molecule has 7 nitrogen and oxygen atoms in total. The summed E-state index contributed by atoms with van der Waals surface area (Å²) >= 11 is 3.13. The number of methoxy groups -OCH3 is 1. The Hall–Kier alpha value is -1.88. The summed E-state index contributed by atoms with van der Waals surface area (Å²) in [6.07, 6.45) is 1.89. The van der Waals surface area contributed by atoms with Crippen molar-refractivity contribution in [2.75, 3.05) is 33.5 Å². The maximum atomic E-state index is 13.1. The van der Waals surface area contributed by atoms with Gasteiger partial charge < -0.3 is 9.64 Å². The van der Waals surface area contributed by atoms with Crippen molar-refractivity contribution >= 4 is 45.1 Å². The first kappa shape index (κ1) is 20.8. The first-order valence-electron chi connectivity index (χ1n) is 8.43. The van der Waals surface area contributed by atoms with Crippen molar-refractivity contribution in [3.05, 3.63) is 44.9 Å². The third kappa shape index (κ3) is 4.09. The fraction of sp³-hybridized carbons (Fsp3) is 0.333. The van der Waals surface area contributed by atoms with Gasteiger partial charge in [0.25, 0.3) is 5.91 Å². The Balaban J connectivity index is 1.97. The number of nitrogens with zero attached hydrogens (tertiary/aromatic N) is 3. The van der Waals surface area contributed by atoms with E-state index in [2.05, 4.69) is 4.98 Å². The first-order chi connectivity index (χ1) is 13.2. The molecule has 28 heavy (non-hydrogen) atoms. The summed E-state index contributed by atoms with van der Waals surface area (Å²) in [6, 6.07) is 4.48. The maximum absolute atomic E-state index is 13.1. The van der Waals surface area contributed by atoms with Crippen LogP contribution >= 0.6 is 23.1 Å². The van der Waals surface area contributed by atoms with Gasteiger partial charge >= 0.3 is 0 Å². The molecule has 0 atom stereocenters. The molecule has 150 valence electrons. The second-order valence-electron chi connectivity index (χ2n) is 6.23. The minimum Gasteiger partial charge on any atom is -0.495 e. The number of carbonyl (C=O) groups is 1. The molecule has 1 fully saturated rings. The molecule has 0 radical (unpaired) electrons. The number of aryl methyl sites for hydroxylation is 1. The molecule has 3 rings (SSSR count). The SMILES string of the molecule is COc1ccc(C(=O)N2CCS/C2=C/c2csc(C)n2)cc1S(=O)(=O)N(C)C. The highest BCUT2D eigenvalue weighted by atomic mass is 32.2. The third-order valence-corrected chi connectivity index (χ3v) is 7.80. The van der Waals surface area contributed by atoms with Crippen LogP contribution in [0.2, 0.25) is 0 Å². The van der Waals surface area contributed by atoms with Crippen molar-refractivity contribution < 1.29 is 17.9 Å². The van der Waals surface area contributed by atoms with Gasteiger partial charge in [0.05, 0.1) is 22.8 Å². The number of carbonyl (C=O) groups excluding carboxylic acids is 1. The van der Waals surface area contributed by atoms with E-state index in [1.165, 1.54) is 33.3 Å². The van der Waals surface area contributed by atoms with Gasteiger partial charge in [-0.3, -0.25) is 4.79 Å². The minimum absolute atomic E-state index is 0.0293. The summed E-state index contributed by atoms with van der Waals surface area (Å²) in [7, 11) is 0.536. The molecular weight excluding hydrogens is 418 g/mol. The predicted octanol–water partition coefficient (Wildman–Crippen LogP) is 2.90. The lowest BCUT2D eigenvalue weighted by atomic mass is 10.2. The third-order valence-electron chi connectivity index (χ3n) is 4.15. The lowest BCUT2D eigenvalue weighted by Gasteiger charge is -2.19. The normalized spacial score (nSPS) is 16.2. The van der Waals surface area contributed by atoms with E-state index in [4.69, 9.17) is 4.74 Å². The number of benzene rings is 1. The molecule has 0 spiro atoms. The van der Waals surface area contributed by atoms with Crippen LogP contribution in [0.15, 0.2) is 33.5 Å². The van der Waals surface area contributed by atoms with Gasteiger partial charge in [0, 0.05) is 37.3 Å². The van der Waals surface area contributed by atoms with E-state index in [1.54, 1.807) is 34.1 Å². The number of thiazole rings is 1. The van der Waals surface area contributed by atoms with E-state index < -0.39 is 10.0 Å². The van der Waals surface area contributed by atoms with Gasteiger partial charge in [0.15, 0.2) is 0 Å². The summed E-state index contributed by atoms with van der Waals surface area (Å²) in [5, 5.41) is 3.71. The number of sulfonamides is 1. The predicted molar refractivity (Wildman–Crippen MR) is 112 cm³/mol. The molecule has 0 unspecified atom stereocenters. The number of aromatic nitrogens is 1. The molecular formula is C18H21N3O4S3. The van der Waals surface area contributed by atoms with Crippen LogP contribution in [-0.4, -0.2) is 62.0 Å². The number of hydrogen-bond donors (Lipinski definition) is 0. The standard InChI is InChI=1S/C18H21N3O4S3/c1-12-19-14(11-27-12)10-17-21(7-8-26-17)18(22)13-5-6-15(25-4)16(9-13)28(23,24)20(2)3/h5-6,9-11H,7-8H2,1-4H3/b17-10+. The zero-order chi connectivity index (χ0) is 20.5.